The Morgan fingerprint density at radius 1 is 1.11 bits per heavy atom. The summed E-state index contributed by atoms with van der Waals surface area (Å²) in [5.41, 5.74) is 1.01. The number of nitrogens with zero attached hydrogens (tertiary/aromatic N) is 3. The highest BCUT2D eigenvalue weighted by molar-refractivity contribution is 7.18. The number of hydrogen-bond acceptors (Lipinski definition) is 5. The number of benzene rings is 1. The molecular weight excluding hydrogens is 374 g/mol. The number of carbonyl (C=O) groups is 2. The van der Waals surface area contributed by atoms with Gasteiger partial charge in [0, 0.05) is 32.1 Å². The molecule has 2 aromatic rings. The molecule has 1 aliphatic carbocycles. The molecule has 7 heteroatoms. The van der Waals surface area contributed by atoms with Crippen LogP contribution in [0.15, 0.2) is 36.4 Å². The monoisotopic (exact) mass is 399 g/mol. The predicted molar refractivity (Wildman–Crippen MR) is 109 cm³/mol. The summed E-state index contributed by atoms with van der Waals surface area (Å²) in [6, 6.07) is 8.13. The van der Waals surface area contributed by atoms with Crippen LogP contribution in [0.4, 0.5) is 4.79 Å². The molecule has 1 aromatic heterocycles. The Balaban J connectivity index is 1.47. The minimum absolute atomic E-state index is 0.0836. The highest BCUT2D eigenvalue weighted by Gasteiger charge is 2.36. The number of aromatic nitrogens is 1. The maximum atomic E-state index is 13.3. The van der Waals surface area contributed by atoms with Crippen molar-refractivity contribution in [1.29, 1.82) is 0 Å². The van der Waals surface area contributed by atoms with E-state index in [1.54, 1.807) is 23.2 Å². The van der Waals surface area contributed by atoms with Crippen molar-refractivity contribution in [2.24, 2.45) is 5.92 Å². The second-order valence-electron chi connectivity index (χ2n) is 7.19. The number of para-hydroxylation sites is 1. The van der Waals surface area contributed by atoms with Crippen LogP contribution in [0.1, 0.15) is 30.7 Å². The smallest absolute Gasteiger partial charge is 0.409 e. The van der Waals surface area contributed by atoms with Crippen molar-refractivity contribution >= 4 is 33.6 Å². The number of piperazine rings is 1. The lowest BCUT2D eigenvalue weighted by atomic mass is 9.82. The lowest BCUT2D eigenvalue weighted by molar-refractivity contribution is -0.138. The van der Waals surface area contributed by atoms with Gasteiger partial charge < -0.3 is 14.5 Å². The number of amides is 2. The molecule has 0 unspecified atom stereocenters. The van der Waals surface area contributed by atoms with Gasteiger partial charge in [0.05, 0.1) is 27.7 Å². The molecule has 2 atom stereocenters. The highest BCUT2D eigenvalue weighted by atomic mass is 32.1. The highest BCUT2D eigenvalue weighted by Crippen LogP contribution is 2.39. The van der Waals surface area contributed by atoms with Crippen LogP contribution < -0.4 is 0 Å². The van der Waals surface area contributed by atoms with Crippen LogP contribution in [0.25, 0.3) is 10.2 Å². The van der Waals surface area contributed by atoms with E-state index in [0.717, 1.165) is 23.4 Å². The summed E-state index contributed by atoms with van der Waals surface area (Å²) in [5, 5.41) is 1.05. The Hall–Kier alpha value is -2.41. The number of thiazole rings is 1. The van der Waals surface area contributed by atoms with E-state index in [1.807, 2.05) is 23.1 Å². The van der Waals surface area contributed by atoms with Crippen LogP contribution in [0.2, 0.25) is 0 Å². The van der Waals surface area contributed by atoms with Gasteiger partial charge in [0.1, 0.15) is 0 Å². The Bertz CT molecular complexity index is 853. The van der Waals surface area contributed by atoms with Crippen LogP contribution >= 0.6 is 11.3 Å². The number of hydrogen-bond donors (Lipinski definition) is 0. The molecule has 0 bridgehead atoms. The topological polar surface area (TPSA) is 62.7 Å². The molecule has 1 aromatic carbocycles. The average Bonchev–Trinajstić information content (AvgIpc) is 3.18. The van der Waals surface area contributed by atoms with Crippen molar-refractivity contribution in [3.8, 4) is 0 Å². The van der Waals surface area contributed by atoms with E-state index in [-0.39, 0.29) is 23.8 Å². The van der Waals surface area contributed by atoms with Gasteiger partial charge in [-0.1, -0.05) is 24.3 Å². The van der Waals surface area contributed by atoms with Crippen molar-refractivity contribution in [3.05, 3.63) is 41.4 Å². The lowest BCUT2D eigenvalue weighted by Crippen LogP contribution is -2.52. The summed E-state index contributed by atoms with van der Waals surface area (Å²) >= 11 is 1.70. The molecule has 2 amide bonds. The largest absolute Gasteiger partial charge is 0.450 e. The first kappa shape index (κ1) is 18.9. The Labute approximate surface area is 168 Å². The Morgan fingerprint density at radius 2 is 1.82 bits per heavy atom. The van der Waals surface area contributed by atoms with E-state index in [4.69, 9.17) is 9.72 Å². The zero-order valence-electron chi connectivity index (χ0n) is 16.0. The summed E-state index contributed by atoms with van der Waals surface area (Å²) in [6.07, 6.45) is 5.58. The van der Waals surface area contributed by atoms with Gasteiger partial charge in [-0.05, 0) is 31.9 Å². The fourth-order valence-corrected chi connectivity index (χ4v) is 5.11. The van der Waals surface area contributed by atoms with Gasteiger partial charge in [-0.15, -0.1) is 11.3 Å². The van der Waals surface area contributed by atoms with E-state index >= 15 is 0 Å². The minimum atomic E-state index is -0.289. The third-order valence-corrected chi connectivity index (χ3v) is 6.66. The van der Waals surface area contributed by atoms with Gasteiger partial charge in [0.15, 0.2) is 0 Å². The number of rotatable bonds is 3. The van der Waals surface area contributed by atoms with Gasteiger partial charge >= 0.3 is 6.09 Å². The zero-order valence-corrected chi connectivity index (χ0v) is 16.9. The first-order valence-corrected chi connectivity index (χ1v) is 10.7. The summed E-state index contributed by atoms with van der Waals surface area (Å²) < 4.78 is 6.23. The van der Waals surface area contributed by atoms with Crippen molar-refractivity contribution in [2.45, 2.75) is 25.7 Å². The average molecular weight is 400 g/mol. The molecule has 4 rings (SSSR count). The van der Waals surface area contributed by atoms with Crippen LogP contribution in [-0.4, -0.2) is 59.6 Å². The maximum Gasteiger partial charge on any atom is 0.409 e. The van der Waals surface area contributed by atoms with Crippen LogP contribution in [0, 0.1) is 5.92 Å². The second-order valence-corrected chi connectivity index (χ2v) is 8.25. The summed E-state index contributed by atoms with van der Waals surface area (Å²) in [6.45, 7) is 4.35. The first-order valence-electron chi connectivity index (χ1n) is 9.88. The van der Waals surface area contributed by atoms with Gasteiger partial charge in [-0.3, -0.25) is 4.79 Å². The van der Waals surface area contributed by atoms with E-state index in [2.05, 4.69) is 18.2 Å². The summed E-state index contributed by atoms with van der Waals surface area (Å²) in [5.74, 6) is 0.217. The van der Waals surface area contributed by atoms with Crippen molar-refractivity contribution in [1.82, 2.24) is 14.8 Å². The number of allylic oxidation sites excluding steroid dienone is 2. The first-order chi connectivity index (χ1) is 13.7. The molecule has 2 heterocycles. The van der Waals surface area contributed by atoms with Crippen molar-refractivity contribution < 1.29 is 14.3 Å². The van der Waals surface area contributed by atoms with E-state index in [9.17, 15) is 9.59 Å². The predicted octanol–water partition coefficient (Wildman–Crippen LogP) is 3.65. The fraction of sp³-hybridized carbons (Fsp3) is 0.476. The van der Waals surface area contributed by atoms with Gasteiger partial charge in [0.2, 0.25) is 5.91 Å². The van der Waals surface area contributed by atoms with Gasteiger partial charge in [-0.2, -0.15) is 0 Å². The normalized spacial score (nSPS) is 22.5. The van der Waals surface area contributed by atoms with E-state index in [0.29, 0.717) is 32.8 Å². The van der Waals surface area contributed by atoms with Crippen LogP contribution in [-0.2, 0) is 9.53 Å². The molecule has 1 aliphatic heterocycles. The van der Waals surface area contributed by atoms with Gasteiger partial charge in [-0.25, -0.2) is 9.78 Å². The van der Waals surface area contributed by atoms with Crippen molar-refractivity contribution in [2.75, 3.05) is 32.8 Å². The Morgan fingerprint density at radius 3 is 2.57 bits per heavy atom. The SMILES string of the molecule is CCOC(=O)N1CCN(C(=O)[C@H]2CC=CC[C@@H]2c2nc3ccccc3s2)CC1. The third kappa shape index (κ3) is 3.76. The molecule has 0 spiro atoms. The molecule has 28 heavy (non-hydrogen) atoms. The lowest BCUT2D eigenvalue weighted by Gasteiger charge is -2.37. The number of carbonyl (C=O) groups excluding carboxylic acids is 2. The molecule has 0 radical (unpaired) electrons. The molecule has 1 fully saturated rings. The molecule has 1 saturated heterocycles. The summed E-state index contributed by atoms with van der Waals surface area (Å²) in [4.78, 5) is 33.6. The molecular formula is C21H25N3O3S. The molecule has 2 aliphatic rings. The Kier molecular flexibility index (Phi) is 5.62. The molecule has 148 valence electrons. The summed E-state index contributed by atoms with van der Waals surface area (Å²) in [7, 11) is 0. The minimum Gasteiger partial charge on any atom is -0.450 e. The van der Waals surface area contributed by atoms with Crippen molar-refractivity contribution in [3.63, 3.8) is 0 Å². The zero-order chi connectivity index (χ0) is 19.5. The van der Waals surface area contributed by atoms with E-state index < -0.39 is 0 Å². The van der Waals surface area contributed by atoms with Crippen LogP contribution in [0.5, 0.6) is 0 Å². The van der Waals surface area contributed by atoms with Crippen LogP contribution in [0.3, 0.4) is 0 Å². The molecule has 6 nitrogen and oxygen atoms in total. The molecule has 0 N–H and O–H groups in total. The molecule has 0 saturated carbocycles. The fourth-order valence-electron chi connectivity index (χ4n) is 3.97. The van der Waals surface area contributed by atoms with Gasteiger partial charge in [0.25, 0.3) is 0 Å². The standard InChI is InChI=1S/C21H25N3O3S/c1-2-27-21(26)24-13-11-23(12-14-24)20(25)16-8-4-3-7-15(16)19-22-17-9-5-6-10-18(17)28-19/h3-6,9-10,15-16H,2,7-8,11-14H2,1H3/t15-,16-/m0/s1. The third-order valence-electron chi connectivity index (χ3n) is 5.49. The quantitative estimate of drug-likeness (QED) is 0.739. The second kappa shape index (κ2) is 8.31. The number of ether oxygens (including phenoxy) is 1. The van der Waals surface area contributed by atoms with E-state index in [1.165, 1.54) is 4.70 Å². The maximum absolute atomic E-state index is 13.3. The number of fused-ring (bicyclic) bond motifs is 1.